The van der Waals surface area contributed by atoms with Gasteiger partial charge in [-0.15, -0.1) is 0 Å². The standard InChI is InChI=1S/C22H35N3O2/c1-4-18(5-2)21(26)25-15-12-20(13-16-25)24-22(27)23-14-11-17(3)19-9-7-6-8-10-19/h6-10,17-18,20H,4-5,11-16H2,1-3H3,(H2,23,24,27)/t17-/m0/s1. The second-order valence-electron chi connectivity index (χ2n) is 7.61. The maximum atomic E-state index is 12.4. The zero-order valence-corrected chi connectivity index (χ0v) is 17.0. The molecule has 1 fully saturated rings. The summed E-state index contributed by atoms with van der Waals surface area (Å²) in [6, 6.07) is 10.4. The van der Waals surface area contributed by atoms with Crippen molar-refractivity contribution >= 4 is 11.9 Å². The second kappa shape index (κ2) is 11.0. The van der Waals surface area contributed by atoms with Gasteiger partial charge in [0.2, 0.25) is 5.91 Å². The molecule has 5 heteroatoms. The number of carbonyl (C=O) groups is 2. The van der Waals surface area contributed by atoms with E-state index >= 15 is 0 Å². The molecule has 0 bridgehead atoms. The molecular weight excluding hydrogens is 338 g/mol. The number of likely N-dealkylation sites (tertiary alicyclic amines) is 1. The average molecular weight is 374 g/mol. The molecule has 1 aromatic rings. The van der Waals surface area contributed by atoms with Gasteiger partial charge in [0.25, 0.3) is 0 Å². The summed E-state index contributed by atoms with van der Waals surface area (Å²) in [5.41, 5.74) is 1.30. The van der Waals surface area contributed by atoms with Gasteiger partial charge in [-0.05, 0) is 43.6 Å². The van der Waals surface area contributed by atoms with E-state index in [4.69, 9.17) is 0 Å². The molecule has 0 spiro atoms. The van der Waals surface area contributed by atoms with Gasteiger partial charge in [0.05, 0.1) is 0 Å². The molecule has 3 amide bonds. The SMILES string of the molecule is CCC(CC)C(=O)N1CCC(NC(=O)NCC[C@H](C)c2ccccc2)CC1. The molecular formula is C22H35N3O2. The summed E-state index contributed by atoms with van der Waals surface area (Å²) in [4.78, 5) is 26.5. The fourth-order valence-corrected chi connectivity index (χ4v) is 3.73. The van der Waals surface area contributed by atoms with Crippen LogP contribution in [0.25, 0.3) is 0 Å². The Bertz CT molecular complexity index is 578. The highest BCUT2D eigenvalue weighted by Crippen LogP contribution is 2.18. The van der Waals surface area contributed by atoms with Crippen LogP contribution in [0, 0.1) is 5.92 Å². The zero-order valence-electron chi connectivity index (χ0n) is 17.0. The number of hydrogen-bond acceptors (Lipinski definition) is 2. The summed E-state index contributed by atoms with van der Waals surface area (Å²) in [5, 5.41) is 6.03. The van der Waals surface area contributed by atoms with Crippen LogP contribution < -0.4 is 10.6 Å². The first-order valence-electron chi connectivity index (χ1n) is 10.4. The van der Waals surface area contributed by atoms with Crippen LogP contribution in [0.5, 0.6) is 0 Å². The predicted molar refractivity (Wildman–Crippen MR) is 110 cm³/mol. The summed E-state index contributed by atoms with van der Waals surface area (Å²) in [6.45, 7) is 8.47. The Kier molecular flexibility index (Phi) is 8.62. The maximum absolute atomic E-state index is 12.4. The van der Waals surface area contributed by atoms with Gasteiger partial charge >= 0.3 is 6.03 Å². The molecule has 0 aromatic heterocycles. The molecule has 5 nitrogen and oxygen atoms in total. The molecule has 0 saturated carbocycles. The predicted octanol–water partition coefficient (Wildman–Crippen LogP) is 3.91. The monoisotopic (exact) mass is 373 g/mol. The van der Waals surface area contributed by atoms with Crippen LogP contribution >= 0.6 is 0 Å². The smallest absolute Gasteiger partial charge is 0.315 e. The Morgan fingerprint density at radius 1 is 1.11 bits per heavy atom. The van der Waals surface area contributed by atoms with Gasteiger partial charge in [-0.3, -0.25) is 4.79 Å². The molecule has 1 atom stereocenters. The van der Waals surface area contributed by atoms with Crippen molar-refractivity contribution < 1.29 is 9.59 Å². The van der Waals surface area contributed by atoms with Gasteiger partial charge in [-0.2, -0.15) is 0 Å². The van der Waals surface area contributed by atoms with Gasteiger partial charge in [-0.1, -0.05) is 51.1 Å². The van der Waals surface area contributed by atoms with Gasteiger partial charge in [0.1, 0.15) is 0 Å². The van der Waals surface area contributed by atoms with Crippen LogP contribution in [-0.2, 0) is 4.79 Å². The quantitative estimate of drug-likeness (QED) is 0.726. The molecule has 27 heavy (non-hydrogen) atoms. The minimum Gasteiger partial charge on any atom is -0.342 e. The fourth-order valence-electron chi connectivity index (χ4n) is 3.73. The van der Waals surface area contributed by atoms with Gasteiger partial charge < -0.3 is 15.5 Å². The van der Waals surface area contributed by atoms with Gasteiger partial charge in [0.15, 0.2) is 0 Å². The van der Waals surface area contributed by atoms with Crippen molar-refractivity contribution in [1.82, 2.24) is 15.5 Å². The highest BCUT2D eigenvalue weighted by Gasteiger charge is 2.27. The number of nitrogens with one attached hydrogen (secondary N) is 2. The average Bonchev–Trinajstić information content (AvgIpc) is 2.70. The largest absolute Gasteiger partial charge is 0.342 e. The van der Waals surface area contributed by atoms with Gasteiger partial charge in [0, 0.05) is 31.6 Å². The van der Waals surface area contributed by atoms with Crippen molar-refractivity contribution in [3.63, 3.8) is 0 Å². The Hall–Kier alpha value is -2.04. The number of rotatable bonds is 8. The van der Waals surface area contributed by atoms with Crippen molar-refractivity contribution in [3.05, 3.63) is 35.9 Å². The van der Waals surface area contributed by atoms with E-state index in [0.29, 0.717) is 12.5 Å². The summed E-state index contributed by atoms with van der Waals surface area (Å²) in [7, 11) is 0. The zero-order chi connectivity index (χ0) is 19.6. The van der Waals surface area contributed by atoms with Gasteiger partial charge in [-0.25, -0.2) is 4.79 Å². The number of urea groups is 1. The lowest BCUT2D eigenvalue weighted by atomic mass is 9.98. The number of carbonyl (C=O) groups excluding carboxylic acids is 2. The summed E-state index contributed by atoms with van der Waals surface area (Å²) in [6.07, 6.45) is 4.38. The van der Waals surface area contributed by atoms with E-state index in [9.17, 15) is 9.59 Å². The minimum absolute atomic E-state index is 0.0972. The third-order valence-electron chi connectivity index (χ3n) is 5.71. The van der Waals surface area contributed by atoms with Crippen molar-refractivity contribution in [2.75, 3.05) is 19.6 Å². The molecule has 0 radical (unpaired) electrons. The van der Waals surface area contributed by atoms with Crippen LogP contribution in [0.3, 0.4) is 0 Å². The minimum atomic E-state index is -0.0972. The van der Waals surface area contributed by atoms with Crippen LogP contribution in [0.15, 0.2) is 30.3 Å². The summed E-state index contributed by atoms with van der Waals surface area (Å²) < 4.78 is 0. The molecule has 1 aromatic carbocycles. The van der Waals surface area contributed by atoms with Crippen LogP contribution in [0.4, 0.5) is 4.79 Å². The van der Waals surface area contributed by atoms with Crippen molar-refractivity contribution in [3.8, 4) is 0 Å². The van der Waals surface area contributed by atoms with E-state index in [2.05, 4.69) is 43.5 Å². The first-order valence-corrected chi connectivity index (χ1v) is 10.4. The van der Waals surface area contributed by atoms with Crippen LogP contribution in [0.2, 0.25) is 0 Å². The molecule has 1 aliphatic rings. The number of amides is 3. The number of piperidine rings is 1. The highest BCUT2D eigenvalue weighted by atomic mass is 16.2. The van der Waals surface area contributed by atoms with Crippen LogP contribution in [-0.4, -0.2) is 42.5 Å². The normalized spacial score (nSPS) is 16.2. The molecule has 0 aliphatic carbocycles. The molecule has 1 saturated heterocycles. The van der Waals surface area contributed by atoms with Crippen molar-refractivity contribution in [1.29, 1.82) is 0 Å². The van der Waals surface area contributed by atoms with Crippen LogP contribution in [0.1, 0.15) is 64.4 Å². The fraction of sp³-hybridized carbons (Fsp3) is 0.636. The first kappa shape index (κ1) is 21.3. The van der Waals surface area contributed by atoms with E-state index < -0.39 is 0 Å². The second-order valence-corrected chi connectivity index (χ2v) is 7.61. The van der Waals surface area contributed by atoms with E-state index in [-0.39, 0.29) is 23.9 Å². The van der Waals surface area contributed by atoms with Crippen molar-refractivity contribution in [2.24, 2.45) is 5.92 Å². The lowest BCUT2D eigenvalue weighted by Crippen LogP contribution is -2.50. The summed E-state index contributed by atoms with van der Waals surface area (Å²) >= 11 is 0. The third-order valence-corrected chi connectivity index (χ3v) is 5.71. The molecule has 2 rings (SSSR count). The maximum Gasteiger partial charge on any atom is 0.315 e. The lowest BCUT2D eigenvalue weighted by Gasteiger charge is -2.34. The number of benzene rings is 1. The van der Waals surface area contributed by atoms with E-state index in [1.807, 2.05) is 23.1 Å². The molecule has 0 unspecified atom stereocenters. The van der Waals surface area contributed by atoms with E-state index in [1.165, 1.54) is 5.56 Å². The highest BCUT2D eigenvalue weighted by molar-refractivity contribution is 5.79. The first-order chi connectivity index (χ1) is 13.0. The third kappa shape index (κ3) is 6.56. The molecule has 2 N–H and O–H groups in total. The molecule has 1 aliphatic heterocycles. The van der Waals surface area contributed by atoms with E-state index in [1.54, 1.807) is 0 Å². The Morgan fingerprint density at radius 3 is 2.33 bits per heavy atom. The lowest BCUT2D eigenvalue weighted by molar-refractivity contribution is -0.136. The molecule has 1 heterocycles. The Balaban J connectivity index is 1.65. The Labute approximate surface area is 163 Å². The number of nitrogens with zero attached hydrogens (tertiary/aromatic N) is 1. The summed E-state index contributed by atoms with van der Waals surface area (Å²) in [5.74, 6) is 0.841. The molecule has 150 valence electrons. The van der Waals surface area contributed by atoms with Crippen molar-refractivity contribution in [2.45, 2.75) is 64.8 Å². The Morgan fingerprint density at radius 2 is 1.74 bits per heavy atom. The number of hydrogen-bond donors (Lipinski definition) is 2. The van der Waals surface area contributed by atoms with E-state index in [0.717, 1.165) is 45.2 Å². The topological polar surface area (TPSA) is 61.4 Å².